The normalized spacial score (nSPS) is 10.9. The Morgan fingerprint density at radius 3 is 2.91 bits per heavy atom. The molecule has 1 aromatic carbocycles. The van der Waals surface area contributed by atoms with Gasteiger partial charge < -0.3 is 9.88 Å². The van der Waals surface area contributed by atoms with Crippen LogP contribution in [0.4, 0.5) is 0 Å². The van der Waals surface area contributed by atoms with E-state index in [4.69, 9.17) is 0 Å². The number of tetrazole rings is 1. The molecular formula is C15H17N7O. The lowest BCUT2D eigenvalue weighted by atomic mass is 10.1. The molecule has 0 unspecified atom stereocenters. The molecule has 2 heterocycles. The standard InChI is InChI=1S/C15H17N7O/c1-10(2)22-8-7-16-13(22)9-17-15(23)12-6-4-3-5-11(12)14-18-20-21-19-14/h3-8,10H,9H2,1-2H3,(H,17,23)(H,18,19,20,21). The van der Waals surface area contributed by atoms with Gasteiger partial charge in [-0.2, -0.15) is 5.21 Å². The van der Waals surface area contributed by atoms with E-state index in [1.54, 1.807) is 24.4 Å². The highest BCUT2D eigenvalue weighted by Gasteiger charge is 2.16. The average Bonchev–Trinajstić information content (AvgIpc) is 3.23. The van der Waals surface area contributed by atoms with Crippen molar-refractivity contribution < 1.29 is 4.79 Å². The Bertz CT molecular complexity index is 792. The third-order valence-electron chi connectivity index (χ3n) is 3.47. The summed E-state index contributed by atoms with van der Waals surface area (Å²) in [4.78, 5) is 16.8. The van der Waals surface area contributed by atoms with E-state index in [2.05, 4.69) is 44.8 Å². The van der Waals surface area contributed by atoms with E-state index in [0.29, 0.717) is 23.5 Å². The zero-order valence-electron chi connectivity index (χ0n) is 12.9. The molecule has 0 bridgehead atoms. The van der Waals surface area contributed by atoms with E-state index in [1.807, 2.05) is 16.8 Å². The molecule has 8 nitrogen and oxygen atoms in total. The van der Waals surface area contributed by atoms with Crippen LogP contribution < -0.4 is 5.32 Å². The molecule has 2 N–H and O–H groups in total. The van der Waals surface area contributed by atoms with Gasteiger partial charge in [0, 0.05) is 24.0 Å². The summed E-state index contributed by atoms with van der Waals surface area (Å²) in [5.41, 5.74) is 1.13. The van der Waals surface area contributed by atoms with Gasteiger partial charge in [-0.1, -0.05) is 18.2 Å². The summed E-state index contributed by atoms with van der Waals surface area (Å²) >= 11 is 0. The molecule has 0 aliphatic rings. The number of amides is 1. The monoisotopic (exact) mass is 311 g/mol. The van der Waals surface area contributed by atoms with E-state index in [-0.39, 0.29) is 11.9 Å². The minimum Gasteiger partial charge on any atom is -0.345 e. The van der Waals surface area contributed by atoms with Gasteiger partial charge in [0.1, 0.15) is 5.82 Å². The molecular weight excluding hydrogens is 294 g/mol. The third-order valence-corrected chi connectivity index (χ3v) is 3.47. The summed E-state index contributed by atoms with van der Waals surface area (Å²) in [5, 5.41) is 16.7. The first-order chi connectivity index (χ1) is 11.2. The Morgan fingerprint density at radius 1 is 1.35 bits per heavy atom. The van der Waals surface area contributed by atoms with Crippen LogP contribution >= 0.6 is 0 Å². The number of aromatic nitrogens is 6. The van der Waals surface area contributed by atoms with E-state index >= 15 is 0 Å². The van der Waals surface area contributed by atoms with Crippen molar-refractivity contribution in [3.8, 4) is 11.4 Å². The van der Waals surface area contributed by atoms with Crippen LogP contribution in [0.25, 0.3) is 11.4 Å². The predicted octanol–water partition coefficient (Wildman–Crippen LogP) is 1.57. The number of imidazole rings is 1. The lowest BCUT2D eigenvalue weighted by Gasteiger charge is -2.12. The Kier molecular flexibility index (Phi) is 4.13. The van der Waals surface area contributed by atoms with E-state index in [9.17, 15) is 4.79 Å². The Labute approximate surface area is 132 Å². The first kappa shape index (κ1) is 14.9. The molecule has 0 saturated heterocycles. The number of hydrogen-bond acceptors (Lipinski definition) is 5. The highest BCUT2D eigenvalue weighted by molar-refractivity contribution is 5.99. The maximum atomic E-state index is 12.5. The molecule has 0 aliphatic carbocycles. The molecule has 1 amide bonds. The van der Waals surface area contributed by atoms with Crippen molar-refractivity contribution in [1.29, 1.82) is 0 Å². The molecule has 2 aromatic heterocycles. The Morgan fingerprint density at radius 2 is 2.17 bits per heavy atom. The topological polar surface area (TPSA) is 101 Å². The lowest BCUT2D eigenvalue weighted by Crippen LogP contribution is -2.25. The fourth-order valence-electron chi connectivity index (χ4n) is 2.36. The highest BCUT2D eigenvalue weighted by atomic mass is 16.1. The van der Waals surface area contributed by atoms with Crippen LogP contribution in [0, 0.1) is 0 Å². The van der Waals surface area contributed by atoms with Crippen molar-refractivity contribution in [3.63, 3.8) is 0 Å². The molecule has 3 aromatic rings. The number of carbonyl (C=O) groups excluding carboxylic acids is 1. The number of rotatable bonds is 5. The molecule has 0 saturated carbocycles. The van der Waals surface area contributed by atoms with Crippen LogP contribution in [-0.4, -0.2) is 36.1 Å². The van der Waals surface area contributed by atoms with Crippen LogP contribution in [-0.2, 0) is 6.54 Å². The molecule has 0 radical (unpaired) electrons. The van der Waals surface area contributed by atoms with Gasteiger partial charge in [-0.05, 0) is 25.1 Å². The molecule has 0 aliphatic heterocycles. The maximum Gasteiger partial charge on any atom is 0.252 e. The van der Waals surface area contributed by atoms with Gasteiger partial charge in [0.2, 0.25) is 5.82 Å². The molecule has 118 valence electrons. The largest absolute Gasteiger partial charge is 0.345 e. The Balaban J connectivity index is 1.78. The second kappa shape index (κ2) is 6.39. The molecule has 0 spiro atoms. The van der Waals surface area contributed by atoms with E-state index < -0.39 is 0 Å². The second-order valence-corrected chi connectivity index (χ2v) is 5.31. The zero-order valence-corrected chi connectivity index (χ0v) is 12.9. The van der Waals surface area contributed by atoms with Crippen LogP contribution in [0.15, 0.2) is 36.7 Å². The van der Waals surface area contributed by atoms with Gasteiger partial charge in [0.05, 0.1) is 12.1 Å². The number of hydrogen-bond donors (Lipinski definition) is 2. The molecule has 23 heavy (non-hydrogen) atoms. The van der Waals surface area contributed by atoms with Gasteiger partial charge in [-0.25, -0.2) is 4.98 Å². The van der Waals surface area contributed by atoms with Crippen molar-refractivity contribution in [2.75, 3.05) is 0 Å². The number of H-pyrrole nitrogens is 1. The number of nitrogens with one attached hydrogen (secondary N) is 2. The Hall–Kier alpha value is -3.03. The van der Waals surface area contributed by atoms with Gasteiger partial charge in [-0.3, -0.25) is 4.79 Å². The highest BCUT2D eigenvalue weighted by Crippen LogP contribution is 2.19. The fraction of sp³-hybridized carbons (Fsp3) is 0.267. The third kappa shape index (κ3) is 3.10. The van der Waals surface area contributed by atoms with Crippen molar-refractivity contribution in [3.05, 3.63) is 48.0 Å². The smallest absolute Gasteiger partial charge is 0.252 e. The summed E-state index contributed by atoms with van der Waals surface area (Å²) in [6.45, 7) is 4.49. The van der Waals surface area contributed by atoms with Gasteiger partial charge in [0.15, 0.2) is 0 Å². The predicted molar refractivity (Wildman–Crippen MR) is 83.4 cm³/mol. The lowest BCUT2D eigenvalue weighted by molar-refractivity contribution is 0.0950. The van der Waals surface area contributed by atoms with Gasteiger partial charge in [-0.15, -0.1) is 10.2 Å². The first-order valence-corrected chi connectivity index (χ1v) is 7.29. The van der Waals surface area contributed by atoms with Crippen LogP contribution in [0.1, 0.15) is 36.1 Å². The van der Waals surface area contributed by atoms with Crippen molar-refractivity contribution in [2.24, 2.45) is 0 Å². The molecule has 8 heteroatoms. The van der Waals surface area contributed by atoms with Gasteiger partial charge >= 0.3 is 0 Å². The van der Waals surface area contributed by atoms with Gasteiger partial charge in [0.25, 0.3) is 5.91 Å². The number of carbonyl (C=O) groups is 1. The molecule has 0 atom stereocenters. The summed E-state index contributed by atoms with van der Waals surface area (Å²) < 4.78 is 2.02. The summed E-state index contributed by atoms with van der Waals surface area (Å²) in [5.74, 6) is 0.994. The van der Waals surface area contributed by atoms with Crippen LogP contribution in [0.3, 0.4) is 0 Å². The summed E-state index contributed by atoms with van der Waals surface area (Å²) in [6, 6.07) is 7.43. The molecule has 3 rings (SSSR count). The fourth-order valence-corrected chi connectivity index (χ4v) is 2.36. The minimum absolute atomic E-state index is 0.205. The van der Waals surface area contributed by atoms with E-state index in [0.717, 1.165) is 5.82 Å². The maximum absolute atomic E-state index is 12.5. The quantitative estimate of drug-likeness (QED) is 0.745. The van der Waals surface area contributed by atoms with Crippen LogP contribution in [0.2, 0.25) is 0 Å². The summed E-state index contributed by atoms with van der Waals surface area (Å²) in [6.07, 6.45) is 3.63. The average molecular weight is 311 g/mol. The molecule has 0 fully saturated rings. The second-order valence-electron chi connectivity index (χ2n) is 5.31. The van der Waals surface area contributed by atoms with Crippen molar-refractivity contribution in [2.45, 2.75) is 26.4 Å². The summed E-state index contributed by atoms with van der Waals surface area (Å²) in [7, 11) is 0. The van der Waals surface area contributed by atoms with E-state index in [1.165, 1.54) is 0 Å². The van der Waals surface area contributed by atoms with Crippen LogP contribution in [0.5, 0.6) is 0 Å². The van der Waals surface area contributed by atoms with Crippen molar-refractivity contribution >= 4 is 5.91 Å². The zero-order chi connectivity index (χ0) is 16.2. The number of nitrogens with zero attached hydrogens (tertiary/aromatic N) is 5. The first-order valence-electron chi connectivity index (χ1n) is 7.29. The number of benzene rings is 1. The number of aromatic amines is 1. The SMILES string of the molecule is CC(C)n1ccnc1CNC(=O)c1ccccc1-c1nn[nH]n1. The minimum atomic E-state index is -0.205. The van der Waals surface area contributed by atoms with Crippen molar-refractivity contribution in [1.82, 2.24) is 35.5 Å².